The summed E-state index contributed by atoms with van der Waals surface area (Å²) in [5, 5.41) is 8.16. The molecule has 5 nitrogen and oxygen atoms in total. The summed E-state index contributed by atoms with van der Waals surface area (Å²) in [5.74, 6) is -0.241. The third-order valence-corrected chi connectivity index (χ3v) is 4.13. The first-order chi connectivity index (χ1) is 10.3. The monoisotopic (exact) mass is 287 g/mol. The number of fused-ring (bicyclic) bond motifs is 1. The number of hydrogen-bond acceptors (Lipinski definition) is 4. The second-order valence-electron chi connectivity index (χ2n) is 5.63. The van der Waals surface area contributed by atoms with Gasteiger partial charge in [0.1, 0.15) is 11.6 Å². The number of carbonyl (C=O) groups is 1. The fraction of sp³-hybridized carbons (Fsp3) is 0.562. The van der Waals surface area contributed by atoms with Gasteiger partial charge in [-0.2, -0.15) is 0 Å². The molecule has 1 aliphatic rings. The van der Waals surface area contributed by atoms with Gasteiger partial charge >= 0.3 is 5.97 Å². The van der Waals surface area contributed by atoms with Gasteiger partial charge < -0.3 is 4.74 Å². The Morgan fingerprint density at radius 3 is 2.76 bits per heavy atom. The summed E-state index contributed by atoms with van der Waals surface area (Å²) in [6.07, 6.45) is 6.85. The number of carbonyl (C=O) groups excluding carboxylic acids is 1. The van der Waals surface area contributed by atoms with Crippen molar-refractivity contribution in [2.24, 2.45) is 0 Å². The summed E-state index contributed by atoms with van der Waals surface area (Å²) < 4.78 is 7.46. The zero-order valence-electron chi connectivity index (χ0n) is 12.4. The van der Waals surface area contributed by atoms with E-state index in [2.05, 4.69) is 10.3 Å². The van der Waals surface area contributed by atoms with Crippen molar-refractivity contribution >= 4 is 17.0 Å². The number of rotatable bonds is 3. The lowest BCUT2D eigenvalue weighted by atomic mass is 10.1. The molecule has 1 heterocycles. The zero-order valence-corrected chi connectivity index (χ0v) is 12.4. The lowest BCUT2D eigenvalue weighted by molar-refractivity contribution is 0.0267. The van der Waals surface area contributed by atoms with Crippen LogP contribution in [0.5, 0.6) is 0 Å². The molecule has 112 valence electrons. The number of hydrogen-bond donors (Lipinski definition) is 0. The lowest BCUT2D eigenvalue weighted by Crippen LogP contribution is -2.17. The van der Waals surface area contributed by atoms with E-state index in [0.717, 1.165) is 43.3 Å². The van der Waals surface area contributed by atoms with Crippen molar-refractivity contribution in [3.63, 3.8) is 0 Å². The quantitative estimate of drug-likeness (QED) is 0.642. The molecular weight excluding hydrogens is 266 g/mol. The van der Waals surface area contributed by atoms with Crippen LogP contribution in [0.2, 0.25) is 0 Å². The number of aromatic nitrogens is 3. The van der Waals surface area contributed by atoms with Crippen LogP contribution >= 0.6 is 0 Å². The first-order valence-electron chi connectivity index (χ1n) is 7.82. The second kappa shape index (κ2) is 6.24. The summed E-state index contributed by atoms with van der Waals surface area (Å²) in [6.45, 7) is 2.78. The Hall–Kier alpha value is -1.91. The number of benzene rings is 1. The normalized spacial score (nSPS) is 16.8. The molecule has 1 saturated carbocycles. The molecule has 1 aromatic carbocycles. The molecule has 1 aliphatic carbocycles. The van der Waals surface area contributed by atoms with Crippen LogP contribution in [0.15, 0.2) is 18.2 Å². The summed E-state index contributed by atoms with van der Waals surface area (Å²) in [5.41, 5.74) is 2.26. The largest absolute Gasteiger partial charge is 0.459 e. The highest BCUT2D eigenvalue weighted by Gasteiger charge is 2.18. The minimum Gasteiger partial charge on any atom is -0.459 e. The smallest absolute Gasteiger partial charge is 0.338 e. The van der Waals surface area contributed by atoms with E-state index >= 15 is 0 Å². The summed E-state index contributed by atoms with van der Waals surface area (Å²) in [6, 6.07) is 5.47. The van der Waals surface area contributed by atoms with Crippen molar-refractivity contribution in [1.82, 2.24) is 15.0 Å². The van der Waals surface area contributed by atoms with Crippen LogP contribution in [-0.4, -0.2) is 27.1 Å². The highest BCUT2D eigenvalue weighted by molar-refractivity contribution is 5.93. The van der Waals surface area contributed by atoms with E-state index in [1.807, 2.05) is 17.7 Å². The molecule has 21 heavy (non-hydrogen) atoms. The van der Waals surface area contributed by atoms with Crippen LogP contribution in [0, 0.1) is 0 Å². The van der Waals surface area contributed by atoms with E-state index in [1.54, 1.807) is 12.1 Å². The topological polar surface area (TPSA) is 57.0 Å². The Morgan fingerprint density at radius 2 is 2.05 bits per heavy atom. The van der Waals surface area contributed by atoms with Crippen LogP contribution in [0.25, 0.3) is 11.0 Å². The van der Waals surface area contributed by atoms with Crippen molar-refractivity contribution in [2.45, 2.75) is 58.1 Å². The Balaban J connectivity index is 1.74. The minimum atomic E-state index is -0.241. The number of ether oxygens (including phenoxy) is 1. The molecule has 1 aromatic heterocycles. The van der Waals surface area contributed by atoms with Gasteiger partial charge in [-0.25, -0.2) is 9.48 Å². The number of aryl methyl sites for hydroxylation is 1. The highest BCUT2D eigenvalue weighted by atomic mass is 16.5. The maximum absolute atomic E-state index is 12.3. The van der Waals surface area contributed by atoms with E-state index in [0.29, 0.717) is 5.56 Å². The van der Waals surface area contributed by atoms with Gasteiger partial charge in [0, 0.05) is 6.54 Å². The molecule has 0 unspecified atom stereocenters. The Bertz CT molecular complexity index is 627. The van der Waals surface area contributed by atoms with Crippen LogP contribution in [0.3, 0.4) is 0 Å². The van der Waals surface area contributed by atoms with Gasteiger partial charge in [0.2, 0.25) is 0 Å². The van der Waals surface area contributed by atoms with E-state index < -0.39 is 0 Å². The third-order valence-electron chi connectivity index (χ3n) is 4.13. The third kappa shape index (κ3) is 3.06. The van der Waals surface area contributed by atoms with Gasteiger partial charge in [0.15, 0.2) is 0 Å². The molecular formula is C16H21N3O2. The first kappa shape index (κ1) is 14.0. The van der Waals surface area contributed by atoms with Crippen LogP contribution in [-0.2, 0) is 11.3 Å². The van der Waals surface area contributed by atoms with Crippen molar-refractivity contribution in [2.75, 3.05) is 0 Å². The number of nitrogens with zero attached hydrogens (tertiary/aromatic N) is 3. The Kier molecular flexibility index (Phi) is 4.18. The molecule has 1 fully saturated rings. The predicted molar refractivity (Wildman–Crippen MR) is 80.1 cm³/mol. The van der Waals surface area contributed by atoms with E-state index in [-0.39, 0.29) is 12.1 Å². The van der Waals surface area contributed by atoms with Gasteiger partial charge in [0.05, 0.1) is 11.1 Å². The first-order valence-corrected chi connectivity index (χ1v) is 7.82. The maximum atomic E-state index is 12.3. The van der Waals surface area contributed by atoms with Crippen LogP contribution < -0.4 is 0 Å². The molecule has 0 radical (unpaired) electrons. The van der Waals surface area contributed by atoms with Gasteiger partial charge in [-0.15, -0.1) is 5.10 Å². The molecule has 0 spiro atoms. The lowest BCUT2D eigenvalue weighted by Gasteiger charge is -2.15. The van der Waals surface area contributed by atoms with Gasteiger partial charge in [0.25, 0.3) is 0 Å². The molecule has 3 rings (SSSR count). The van der Waals surface area contributed by atoms with Gasteiger partial charge in [-0.1, -0.05) is 18.1 Å². The van der Waals surface area contributed by atoms with E-state index in [9.17, 15) is 4.79 Å². The molecule has 0 atom stereocenters. The van der Waals surface area contributed by atoms with Crippen LogP contribution in [0.1, 0.15) is 55.8 Å². The van der Waals surface area contributed by atoms with E-state index in [4.69, 9.17) is 4.74 Å². The maximum Gasteiger partial charge on any atom is 0.338 e. The average molecular weight is 287 g/mol. The Morgan fingerprint density at radius 1 is 1.29 bits per heavy atom. The zero-order chi connectivity index (χ0) is 14.7. The summed E-state index contributed by atoms with van der Waals surface area (Å²) >= 11 is 0. The minimum absolute atomic E-state index is 0.0713. The van der Waals surface area contributed by atoms with Gasteiger partial charge in [-0.05, 0) is 50.8 Å². The molecule has 0 saturated heterocycles. The van der Waals surface area contributed by atoms with Crippen molar-refractivity contribution in [1.29, 1.82) is 0 Å². The molecule has 5 heteroatoms. The fourth-order valence-corrected chi connectivity index (χ4v) is 2.91. The van der Waals surface area contributed by atoms with Crippen molar-refractivity contribution < 1.29 is 9.53 Å². The van der Waals surface area contributed by atoms with E-state index in [1.165, 1.54) is 12.8 Å². The van der Waals surface area contributed by atoms with Gasteiger partial charge in [-0.3, -0.25) is 0 Å². The summed E-state index contributed by atoms with van der Waals surface area (Å²) in [4.78, 5) is 12.3. The van der Waals surface area contributed by atoms with Crippen molar-refractivity contribution in [3.8, 4) is 0 Å². The fourth-order valence-electron chi connectivity index (χ4n) is 2.91. The SMILES string of the molecule is CCn1nnc2cc(C(=O)OC3CCCCCC3)ccc21. The molecule has 0 bridgehead atoms. The average Bonchev–Trinajstić information content (AvgIpc) is 2.74. The summed E-state index contributed by atoms with van der Waals surface area (Å²) in [7, 11) is 0. The molecule has 2 aromatic rings. The standard InChI is InChI=1S/C16H21N3O2/c1-2-19-15-10-9-12(11-14(15)17-18-19)16(20)21-13-7-5-3-4-6-8-13/h9-11,13H,2-8H2,1H3. The number of esters is 1. The molecule has 0 aliphatic heterocycles. The molecule has 0 amide bonds. The predicted octanol–water partition coefficient (Wildman–Crippen LogP) is 3.33. The Labute approximate surface area is 124 Å². The highest BCUT2D eigenvalue weighted by Crippen LogP contribution is 2.21. The molecule has 0 N–H and O–H groups in total. The second-order valence-corrected chi connectivity index (χ2v) is 5.63. The van der Waals surface area contributed by atoms with Crippen molar-refractivity contribution in [3.05, 3.63) is 23.8 Å². The van der Waals surface area contributed by atoms with Crippen LogP contribution in [0.4, 0.5) is 0 Å².